The Labute approximate surface area is 208 Å². The standard InChI is InChI=1S/C28H40N2O5/c1-17(31)21-8-9-22-20-7-6-18-15-19(10-12-27(18,2)23(20)11-13-28(21,22)3)29-35-16-25(32)30-14-4-5-24(30)26(33)34/h15,20-24H,4-14,16H2,1-3H3,(H,33,34)/t20-,21+,22-,23-,24-,27-,28+/m0/s1. The predicted molar refractivity (Wildman–Crippen MR) is 132 cm³/mol. The van der Waals surface area contributed by atoms with Crippen LogP contribution in [0.4, 0.5) is 0 Å². The second kappa shape index (κ2) is 9.04. The normalized spacial score (nSPS) is 41.6. The van der Waals surface area contributed by atoms with Crippen molar-refractivity contribution in [2.45, 2.75) is 91.0 Å². The van der Waals surface area contributed by atoms with Crippen molar-refractivity contribution < 1.29 is 24.3 Å². The van der Waals surface area contributed by atoms with Crippen LogP contribution in [0.5, 0.6) is 0 Å². The summed E-state index contributed by atoms with van der Waals surface area (Å²) < 4.78 is 0. The number of carboxylic acids is 1. The van der Waals surface area contributed by atoms with Crippen LogP contribution in [0.2, 0.25) is 0 Å². The number of allylic oxidation sites excluding steroid dienone is 2. The van der Waals surface area contributed by atoms with Crippen LogP contribution in [-0.2, 0) is 19.2 Å². The van der Waals surface area contributed by atoms with E-state index in [1.54, 1.807) is 6.92 Å². The maximum absolute atomic E-state index is 12.5. The SMILES string of the molecule is CC(=O)[C@H]1CC[C@H]2[C@@H]3CCC4=CC(=NOCC(=O)N5CCC[C@H]5C(=O)O)CC[C@]4(C)[C@H]3CC[C@]12C. The molecule has 1 amide bonds. The Hall–Kier alpha value is -2.18. The molecule has 35 heavy (non-hydrogen) atoms. The highest BCUT2D eigenvalue weighted by atomic mass is 16.6. The topological polar surface area (TPSA) is 96.3 Å². The third-order valence-electron chi connectivity index (χ3n) is 10.7. The number of nitrogens with zero attached hydrogens (tertiary/aromatic N) is 2. The molecule has 7 atom stereocenters. The van der Waals surface area contributed by atoms with E-state index >= 15 is 0 Å². The summed E-state index contributed by atoms with van der Waals surface area (Å²) in [6.45, 7) is 6.88. The van der Waals surface area contributed by atoms with Crippen molar-refractivity contribution in [3.05, 3.63) is 11.6 Å². The molecular formula is C28H40N2O5. The minimum atomic E-state index is -0.952. The average Bonchev–Trinajstić information content (AvgIpc) is 3.44. The fourth-order valence-electron chi connectivity index (χ4n) is 8.89. The molecule has 3 saturated carbocycles. The molecule has 0 unspecified atom stereocenters. The number of aliphatic carboxylic acids is 1. The van der Waals surface area contributed by atoms with Crippen LogP contribution in [0.15, 0.2) is 16.8 Å². The summed E-state index contributed by atoms with van der Waals surface area (Å²) in [4.78, 5) is 43.0. The minimum absolute atomic E-state index is 0.178. The van der Waals surface area contributed by atoms with Crippen molar-refractivity contribution in [1.29, 1.82) is 0 Å². The molecule has 0 aromatic heterocycles. The Balaban J connectivity index is 1.24. The van der Waals surface area contributed by atoms with Gasteiger partial charge in [0.2, 0.25) is 0 Å². The van der Waals surface area contributed by atoms with Crippen molar-refractivity contribution in [3.63, 3.8) is 0 Å². The van der Waals surface area contributed by atoms with Crippen LogP contribution in [0, 0.1) is 34.5 Å². The van der Waals surface area contributed by atoms with Crippen molar-refractivity contribution >= 4 is 23.4 Å². The summed E-state index contributed by atoms with van der Waals surface area (Å²) in [5, 5.41) is 13.6. The summed E-state index contributed by atoms with van der Waals surface area (Å²) in [6.07, 6.45) is 12.2. The summed E-state index contributed by atoms with van der Waals surface area (Å²) in [6, 6.07) is -0.741. The number of fused-ring (bicyclic) bond motifs is 5. The van der Waals surface area contributed by atoms with Gasteiger partial charge in [0.05, 0.1) is 5.71 Å². The van der Waals surface area contributed by atoms with E-state index in [1.807, 2.05) is 0 Å². The van der Waals surface area contributed by atoms with Crippen LogP contribution in [0.3, 0.4) is 0 Å². The molecule has 1 aliphatic heterocycles. The fraction of sp³-hybridized carbons (Fsp3) is 0.786. The molecule has 0 bridgehead atoms. The Morgan fingerprint density at radius 3 is 2.63 bits per heavy atom. The van der Waals surface area contributed by atoms with Gasteiger partial charge in [-0.25, -0.2) is 4.79 Å². The molecule has 5 aliphatic rings. The number of carbonyl (C=O) groups excluding carboxylic acids is 2. The molecule has 7 heteroatoms. The summed E-state index contributed by atoms with van der Waals surface area (Å²) >= 11 is 0. The Morgan fingerprint density at radius 1 is 1.09 bits per heavy atom. The molecule has 0 radical (unpaired) electrons. The van der Waals surface area contributed by atoms with E-state index in [0.29, 0.717) is 42.9 Å². The van der Waals surface area contributed by atoms with E-state index in [-0.39, 0.29) is 29.3 Å². The third-order valence-corrected chi connectivity index (χ3v) is 10.7. The molecule has 5 rings (SSSR count). The number of Topliss-reactive ketones (excluding diaryl/α,β-unsaturated/α-hetero) is 1. The number of likely N-dealkylation sites (tertiary alicyclic amines) is 1. The highest BCUT2D eigenvalue weighted by molar-refractivity contribution is 5.96. The van der Waals surface area contributed by atoms with E-state index in [1.165, 1.54) is 29.7 Å². The van der Waals surface area contributed by atoms with Gasteiger partial charge in [-0.05, 0) is 106 Å². The maximum Gasteiger partial charge on any atom is 0.326 e. The van der Waals surface area contributed by atoms with Crippen LogP contribution in [0.1, 0.15) is 85.0 Å². The third kappa shape index (κ3) is 4.03. The van der Waals surface area contributed by atoms with Crippen molar-refractivity contribution in [2.75, 3.05) is 13.2 Å². The van der Waals surface area contributed by atoms with Crippen molar-refractivity contribution in [2.24, 2.45) is 39.7 Å². The zero-order valence-corrected chi connectivity index (χ0v) is 21.4. The van der Waals surface area contributed by atoms with Gasteiger partial charge in [-0.15, -0.1) is 0 Å². The van der Waals surface area contributed by atoms with E-state index < -0.39 is 12.0 Å². The number of ketones is 1. The Kier molecular flexibility index (Phi) is 6.33. The van der Waals surface area contributed by atoms with Gasteiger partial charge >= 0.3 is 5.97 Å². The number of carbonyl (C=O) groups is 3. The highest BCUT2D eigenvalue weighted by Crippen LogP contribution is 2.66. The summed E-state index contributed by atoms with van der Waals surface area (Å²) in [5.74, 6) is 1.41. The molecule has 1 saturated heterocycles. The summed E-state index contributed by atoms with van der Waals surface area (Å²) in [7, 11) is 0. The van der Waals surface area contributed by atoms with Gasteiger partial charge in [0.25, 0.3) is 5.91 Å². The van der Waals surface area contributed by atoms with Gasteiger partial charge in [0.1, 0.15) is 11.8 Å². The van der Waals surface area contributed by atoms with Gasteiger partial charge in [-0.2, -0.15) is 0 Å². The number of amides is 1. The highest BCUT2D eigenvalue weighted by Gasteiger charge is 2.59. The molecule has 192 valence electrons. The van der Waals surface area contributed by atoms with Gasteiger partial charge in [-0.1, -0.05) is 24.6 Å². The van der Waals surface area contributed by atoms with Crippen LogP contribution in [-0.4, -0.2) is 52.6 Å². The van der Waals surface area contributed by atoms with Gasteiger partial charge < -0.3 is 14.8 Å². The van der Waals surface area contributed by atoms with Crippen LogP contribution < -0.4 is 0 Å². The largest absolute Gasteiger partial charge is 0.480 e. The Bertz CT molecular complexity index is 972. The molecule has 0 aromatic rings. The molecule has 0 aromatic carbocycles. The number of oxime groups is 1. The molecule has 4 aliphatic carbocycles. The lowest BCUT2D eigenvalue weighted by atomic mass is 9.46. The van der Waals surface area contributed by atoms with Crippen molar-refractivity contribution in [3.8, 4) is 0 Å². The second-order valence-corrected chi connectivity index (χ2v) is 12.2. The monoisotopic (exact) mass is 484 g/mol. The van der Waals surface area contributed by atoms with E-state index in [2.05, 4.69) is 25.1 Å². The zero-order valence-electron chi connectivity index (χ0n) is 21.4. The minimum Gasteiger partial charge on any atom is -0.480 e. The molecule has 4 fully saturated rings. The lowest BCUT2D eigenvalue weighted by Gasteiger charge is -2.58. The fourth-order valence-corrected chi connectivity index (χ4v) is 8.89. The van der Waals surface area contributed by atoms with E-state index in [4.69, 9.17) is 4.84 Å². The molecular weight excluding hydrogens is 444 g/mol. The first-order valence-electron chi connectivity index (χ1n) is 13.6. The van der Waals surface area contributed by atoms with Crippen LogP contribution in [0.25, 0.3) is 0 Å². The zero-order chi connectivity index (χ0) is 25.0. The predicted octanol–water partition coefficient (Wildman–Crippen LogP) is 4.60. The quantitative estimate of drug-likeness (QED) is 0.575. The first-order chi connectivity index (χ1) is 16.6. The lowest BCUT2D eigenvalue weighted by molar-refractivity contribution is -0.150. The number of rotatable bonds is 5. The molecule has 0 spiro atoms. The van der Waals surface area contributed by atoms with Gasteiger partial charge in [-0.3, -0.25) is 9.59 Å². The average molecular weight is 485 g/mol. The van der Waals surface area contributed by atoms with Gasteiger partial charge in [0.15, 0.2) is 6.61 Å². The molecule has 7 nitrogen and oxygen atoms in total. The maximum atomic E-state index is 12.5. The lowest BCUT2D eigenvalue weighted by Crippen LogP contribution is -2.51. The van der Waals surface area contributed by atoms with Gasteiger partial charge in [0, 0.05) is 12.5 Å². The first-order valence-corrected chi connectivity index (χ1v) is 13.6. The van der Waals surface area contributed by atoms with Crippen molar-refractivity contribution in [1.82, 2.24) is 4.90 Å². The Morgan fingerprint density at radius 2 is 1.89 bits per heavy atom. The smallest absolute Gasteiger partial charge is 0.326 e. The van der Waals surface area contributed by atoms with E-state index in [0.717, 1.165) is 37.8 Å². The second-order valence-electron chi connectivity index (χ2n) is 12.2. The number of hydrogen-bond donors (Lipinski definition) is 1. The number of carboxylic acid groups (broad SMARTS) is 1. The molecule has 1 heterocycles. The first kappa shape index (κ1) is 24.5. The van der Waals surface area contributed by atoms with E-state index in [9.17, 15) is 19.5 Å². The molecule has 1 N–H and O–H groups in total. The number of hydrogen-bond acceptors (Lipinski definition) is 5. The van der Waals surface area contributed by atoms with Crippen LogP contribution >= 0.6 is 0 Å². The summed E-state index contributed by atoms with van der Waals surface area (Å²) in [5.41, 5.74) is 2.71.